The summed E-state index contributed by atoms with van der Waals surface area (Å²) in [6, 6.07) is 17.8. The van der Waals surface area contributed by atoms with E-state index in [2.05, 4.69) is 0 Å². The number of hydrogen-bond donors (Lipinski definition) is 0. The number of sulfonamides is 1. The van der Waals surface area contributed by atoms with Crippen molar-refractivity contribution in [2.45, 2.75) is 17.1 Å². The summed E-state index contributed by atoms with van der Waals surface area (Å²) in [7, 11) is -3.94. The lowest BCUT2D eigenvalue weighted by Gasteiger charge is -2.46. The number of benzene rings is 2. The van der Waals surface area contributed by atoms with Crippen LogP contribution in [-0.4, -0.2) is 41.2 Å². The molecule has 2 aliphatic rings. The highest BCUT2D eigenvalue weighted by molar-refractivity contribution is 7.89. The molecule has 2 aromatic carbocycles. The Morgan fingerprint density at radius 2 is 1.72 bits per heavy atom. The van der Waals surface area contributed by atoms with Gasteiger partial charge in [-0.1, -0.05) is 30.3 Å². The normalized spacial score (nSPS) is 21.2. The SMILES string of the molecule is O=C1c2cc3ccsc3n2CC2(c3ccc(F)cc3)N1CCN2S(=O)(=O)c1ccccc1. The van der Waals surface area contributed by atoms with Crippen molar-refractivity contribution < 1.29 is 17.6 Å². The average molecular weight is 468 g/mol. The third-order valence-electron chi connectivity index (χ3n) is 6.37. The Bertz CT molecular complexity index is 1460. The number of halogens is 1. The van der Waals surface area contributed by atoms with Crippen molar-refractivity contribution in [3.8, 4) is 0 Å². The van der Waals surface area contributed by atoms with Crippen molar-refractivity contribution in [2.24, 2.45) is 0 Å². The Morgan fingerprint density at radius 1 is 0.969 bits per heavy atom. The van der Waals surface area contributed by atoms with Crippen LogP contribution in [-0.2, 0) is 22.2 Å². The Kier molecular flexibility index (Phi) is 4.14. The number of rotatable bonds is 3. The van der Waals surface area contributed by atoms with Gasteiger partial charge in [0.05, 0.1) is 11.4 Å². The minimum Gasteiger partial charge on any atom is -0.324 e. The Labute approximate surface area is 188 Å². The van der Waals surface area contributed by atoms with E-state index in [1.165, 1.54) is 27.8 Å². The van der Waals surface area contributed by atoms with E-state index in [0.717, 1.165) is 10.2 Å². The molecule has 1 amide bonds. The number of carbonyl (C=O) groups is 1. The molecule has 1 unspecified atom stereocenters. The standard InChI is InChI=1S/C23H18FN3O3S2/c24-18-8-6-17(7-9-18)23-15-25-20(14-16-10-13-31-22(16)25)21(28)26(23)11-12-27(23)32(29,30)19-4-2-1-3-5-19/h1-10,13-14H,11-12,15H2. The van der Waals surface area contributed by atoms with Gasteiger partial charge in [0.1, 0.15) is 16.3 Å². The molecule has 1 fully saturated rings. The number of amides is 1. The minimum absolute atomic E-state index is 0.152. The molecule has 1 saturated heterocycles. The Hall–Kier alpha value is -3.01. The van der Waals surface area contributed by atoms with Gasteiger partial charge in [0.15, 0.2) is 5.66 Å². The van der Waals surface area contributed by atoms with E-state index < -0.39 is 21.5 Å². The largest absolute Gasteiger partial charge is 0.324 e. The first-order chi connectivity index (χ1) is 15.4. The summed E-state index contributed by atoms with van der Waals surface area (Å²) < 4.78 is 44.7. The molecule has 9 heteroatoms. The van der Waals surface area contributed by atoms with Gasteiger partial charge >= 0.3 is 0 Å². The summed E-state index contributed by atoms with van der Waals surface area (Å²) in [5.74, 6) is -0.647. The first kappa shape index (κ1) is 19.7. The number of fused-ring (bicyclic) bond motifs is 4. The van der Waals surface area contributed by atoms with Gasteiger partial charge in [-0.2, -0.15) is 4.31 Å². The summed E-state index contributed by atoms with van der Waals surface area (Å²) in [6.45, 7) is 0.635. The number of carbonyl (C=O) groups excluding carboxylic acids is 1. The number of nitrogens with zero attached hydrogens (tertiary/aromatic N) is 3. The van der Waals surface area contributed by atoms with Crippen molar-refractivity contribution in [3.05, 3.63) is 89.2 Å². The second-order valence-corrected chi connectivity index (χ2v) is 10.7. The maximum absolute atomic E-state index is 13.8. The van der Waals surface area contributed by atoms with Crippen LogP contribution in [0, 0.1) is 5.82 Å². The molecule has 2 aromatic heterocycles. The highest BCUT2D eigenvalue weighted by atomic mass is 32.2. The average Bonchev–Trinajstić information content (AvgIpc) is 3.49. The van der Waals surface area contributed by atoms with E-state index in [4.69, 9.17) is 0 Å². The number of aromatic nitrogens is 1. The van der Waals surface area contributed by atoms with Gasteiger partial charge in [-0.15, -0.1) is 11.3 Å². The summed E-state index contributed by atoms with van der Waals surface area (Å²) in [5, 5.41) is 2.90. The zero-order chi connectivity index (χ0) is 22.1. The third kappa shape index (κ3) is 2.52. The first-order valence-electron chi connectivity index (χ1n) is 10.2. The molecule has 6 nitrogen and oxygen atoms in total. The molecule has 0 saturated carbocycles. The van der Waals surface area contributed by atoms with Crippen molar-refractivity contribution in [2.75, 3.05) is 13.1 Å². The lowest BCUT2D eigenvalue weighted by molar-refractivity contribution is 0.0190. The number of hydrogen-bond acceptors (Lipinski definition) is 4. The molecule has 2 aliphatic heterocycles. The van der Waals surface area contributed by atoms with Crippen LogP contribution >= 0.6 is 11.3 Å². The molecule has 0 bridgehead atoms. The van der Waals surface area contributed by atoms with Crippen LogP contribution < -0.4 is 0 Å². The van der Waals surface area contributed by atoms with Gasteiger partial charge in [0, 0.05) is 18.5 Å². The van der Waals surface area contributed by atoms with E-state index in [0.29, 0.717) is 11.3 Å². The molecule has 6 rings (SSSR count). The lowest BCUT2D eigenvalue weighted by Crippen LogP contribution is -2.59. The molecule has 4 heterocycles. The molecular formula is C23H18FN3O3S2. The fourth-order valence-electron chi connectivity index (χ4n) is 4.94. The van der Waals surface area contributed by atoms with Gasteiger partial charge < -0.3 is 9.47 Å². The lowest BCUT2D eigenvalue weighted by atomic mass is 9.96. The summed E-state index contributed by atoms with van der Waals surface area (Å²) in [6.07, 6.45) is 0. The van der Waals surface area contributed by atoms with Gasteiger partial charge in [-0.05, 0) is 47.3 Å². The van der Waals surface area contributed by atoms with Crippen molar-refractivity contribution >= 4 is 37.5 Å². The van der Waals surface area contributed by atoms with Crippen LogP contribution in [0.5, 0.6) is 0 Å². The third-order valence-corrected chi connectivity index (χ3v) is 9.25. The summed E-state index contributed by atoms with van der Waals surface area (Å²) in [4.78, 5) is 16.3. The molecule has 162 valence electrons. The van der Waals surface area contributed by atoms with E-state index in [1.54, 1.807) is 47.4 Å². The van der Waals surface area contributed by atoms with Crippen LogP contribution in [0.25, 0.3) is 10.2 Å². The Balaban J connectivity index is 1.62. The van der Waals surface area contributed by atoms with Gasteiger partial charge in [-0.25, -0.2) is 12.8 Å². The highest BCUT2D eigenvalue weighted by Gasteiger charge is 2.58. The maximum Gasteiger partial charge on any atom is 0.272 e. The Morgan fingerprint density at radius 3 is 2.47 bits per heavy atom. The van der Waals surface area contributed by atoms with Crippen molar-refractivity contribution in [1.82, 2.24) is 13.8 Å². The van der Waals surface area contributed by atoms with Gasteiger partial charge in [0.25, 0.3) is 5.91 Å². The van der Waals surface area contributed by atoms with Crippen LogP contribution in [0.2, 0.25) is 0 Å². The second-order valence-electron chi connectivity index (χ2n) is 7.97. The molecule has 0 radical (unpaired) electrons. The quantitative estimate of drug-likeness (QED) is 0.460. The van der Waals surface area contributed by atoms with Crippen LogP contribution in [0.3, 0.4) is 0 Å². The fraction of sp³-hybridized carbons (Fsp3) is 0.174. The zero-order valence-electron chi connectivity index (χ0n) is 16.8. The zero-order valence-corrected chi connectivity index (χ0v) is 18.4. The smallest absolute Gasteiger partial charge is 0.272 e. The molecule has 4 aromatic rings. The van der Waals surface area contributed by atoms with Crippen LogP contribution in [0.4, 0.5) is 4.39 Å². The van der Waals surface area contributed by atoms with Crippen molar-refractivity contribution in [1.29, 1.82) is 0 Å². The predicted octanol–water partition coefficient (Wildman–Crippen LogP) is 3.86. The second kappa shape index (κ2) is 6.74. The summed E-state index contributed by atoms with van der Waals surface area (Å²) in [5.41, 5.74) is -0.181. The van der Waals surface area contributed by atoms with Gasteiger partial charge in [-0.3, -0.25) is 4.79 Å². The van der Waals surface area contributed by atoms with Crippen molar-refractivity contribution in [3.63, 3.8) is 0 Å². The fourth-order valence-corrected chi connectivity index (χ4v) is 7.58. The maximum atomic E-state index is 13.8. The van der Waals surface area contributed by atoms with Gasteiger partial charge in [0.2, 0.25) is 10.0 Å². The summed E-state index contributed by atoms with van der Waals surface area (Å²) >= 11 is 1.51. The first-order valence-corrected chi connectivity index (χ1v) is 12.5. The molecule has 0 spiro atoms. The monoisotopic (exact) mass is 467 g/mol. The number of thiophene rings is 1. The van der Waals surface area contributed by atoms with E-state index in [9.17, 15) is 17.6 Å². The molecular weight excluding hydrogens is 449 g/mol. The van der Waals surface area contributed by atoms with Crippen LogP contribution in [0.15, 0.2) is 77.0 Å². The predicted molar refractivity (Wildman–Crippen MR) is 119 cm³/mol. The van der Waals surface area contributed by atoms with E-state index in [-0.39, 0.29) is 30.4 Å². The highest BCUT2D eigenvalue weighted by Crippen LogP contribution is 2.47. The molecule has 0 N–H and O–H groups in total. The minimum atomic E-state index is -3.94. The molecule has 1 atom stereocenters. The topological polar surface area (TPSA) is 62.6 Å². The van der Waals surface area contributed by atoms with Crippen LogP contribution in [0.1, 0.15) is 16.1 Å². The molecule has 0 aliphatic carbocycles. The van der Waals surface area contributed by atoms with E-state index >= 15 is 0 Å². The van der Waals surface area contributed by atoms with E-state index in [1.807, 2.05) is 22.1 Å². The molecule has 32 heavy (non-hydrogen) atoms.